The van der Waals surface area contributed by atoms with Crippen molar-refractivity contribution in [2.75, 3.05) is 9.80 Å². The van der Waals surface area contributed by atoms with Gasteiger partial charge in [-0.05, 0) is 157 Å². The van der Waals surface area contributed by atoms with E-state index >= 15 is 0 Å². The number of anilines is 6. The van der Waals surface area contributed by atoms with Crippen LogP contribution in [0.25, 0.3) is 137 Å². The molecule has 18 aromatic rings. The van der Waals surface area contributed by atoms with Gasteiger partial charge in [0, 0.05) is 61.5 Å². The molecule has 17 aromatic carbocycles. The van der Waals surface area contributed by atoms with E-state index in [1.807, 2.05) is 0 Å². The summed E-state index contributed by atoms with van der Waals surface area (Å²) in [4.78, 5) is 5.39. The third-order valence-corrected chi connectivity index (χ3v) is 21.7. The molecule has 0 radical (unpaired) electrons. The molecule has 0 aliphatic carbocycles. The first-order valence-electron chi connectivity index (χ1n) is 35.0. The molecule has 1 aromatic heterocycles. The van der Waals surface area contributed by atoms with Gasteiger partial charge < -0.3 is 14.4 Å². The summed E-state index contributed by atoms with van der Waals surface area (Å²) >= 11 is 0. The predicted octanol–water partition coefficient (Wildman–Crippen LogP) is 24.2. The fourth-order valence-corrected chi connectivity index (χ4v) is 17.2. The van der Waals surface area contributed by atoms with E-state index in [4.69, 9.17) is 0 Å². The lowest BCUT2D eigenvalue weighted by Gasteiger charge is -2.46. The fraction of sp³-hybridized carbons (Fsp3) is 0.0417. The summed E-state index contributed by atoms with van der Waals surface area (Å²) in [5.74, 6) is 0. The van der Waals surface area contributed by atoms with Crippen LogP contribution in [0.2, 0.25) is 0 Å². The number of hydrogen-bond donors (Lipinski definition) is 0. The van der Waals surface area contributed by atoms with Crippen LogP contribution in [-0.4, -0.2) is 11.3 Å². The Hall–Kier alpha value is -12.5. The van der Waals surface area contributed by atoms with Crippen LogP contribution in [0, 0.1) is 0 Å². The highest BCUT2D eigenvalue weighted by atomic mass is 15.2. The van der Waals surface area contributed by atoms with E-state index < -0.39 is 0 Å². The number of para-hydroxylation sites is 4. The largest absolute Gasteiger partial charge is 0.310 e. The van der Waals surface area contributed by atoms with E-state index in [0.29, 0.717) is 0 Å². The second kappa shape index (κ2) is 22.5. The number of rotatable bonds is 9. The maximum Gasteiger partial charge on any atom is 0.252 e. The van der Waals surface area contributed by atoms with Crippen LogP contribution in [0.3, 0.4) is 0 Å². The standard InChI is InChI=1S/C96H66BN3/c1-96(2,3)70-51-47-61(48-52-70)69-58-88-93-89(59-69)100(95-75(64-29-12-6-13-30-64)40-24-41-76(95)65-31-14-7-15-32-65)87-60-71(98-84-45-18-16-36-77(84)78-37-17-19-46-85(78)98)53-56-83(87)97(93)82-55-50-68(72-54-49-67-35-21-43-80-79-42-20-33-66-34-22-44-81(90(66)79)92(72)91(67)80)57-86(82)99(88)94-73(62-25-8-4-9-26-62)38-23-39-74(94)63-27-10-5-11-28-63/h4-60H,1-3H3. The van der Waals surface area contributed by atoms with Crippen LogP contribution in [0.1, 0.15) is 26.3 Å². The van der Waals surface area contributed by atoms with Gasteiger partial charge in [-0.2, -0.15) is 0 Å². The lowest BCUT2D eigenvalue weighted by atomic mass is 9.33. The van der Waals surface area contributed by atoms with Gasteiger partial charge in [0.25, 0.3) is 6.71 Å². The van der Waals surface area contributed by atoms with Crippen molar-refractivity contribution >= 4 is 122 Å². The number of nitrogens with zero attached hydrogens (tertiary/aromatic N) is 3. The van der Waals surface area contributed by atoms with Gasteiger partial charge in [-0.15, -0.1) is 0 Å². The van der Waals surface area contributed by atoms with Gasteiger partial charge in [0.05, 0.1) is 22.4 Å². The summed E-state index contributed by atoms with van der Waals surface area (Å²) in [6.45, 7) is 6.69. The molecule has 0 fully saturated rings. The average molecular weight is 1270 g/mol. The van der Waals surface area contributed by atoms with Gasteiger partial charge in [-0.25, -0.2) is 0 Å². The molecule has 0 saturated heterocycles. The lowest BCUT2D eigenvalue weighted by molar-refractivity contribution is 0.590. The number of aromatic nitrogens is 1. The molecule has 4 heteroatoms. The first-order valence-corrected chi connectivity index (χ1v) is 35.0. The van der Waals surface area contributed by atoms with Crippen LogP contribution in [-0.2, 0) is 5.41 Å². The Labute approximate surface area is 582 Å². The Bertz CT molecular complexity index is 6130. The van der Waals surface area contributed by atoms with Crippen LogP contribution in [0.4, 0.5) is 34.1 Å². The minimum atomic E-state index is -0.239. The lowest BCUT2D eigenvalue weighted by Crippen LogP contribution is -2.61. The van der Waals surface area contributed by atoms with Gasteiger partial charge in [0.1, 0.15) is 0 Å². The third-order valence-electron chi connectivity index (χ3n) is 21.7. The number of fused-ring (bicyclic) bond motifs is 9. The highest BCUT2D eigenvalue weighted by Crippen LogP contribution is 2.55. The van der Waals surface area contributed by atoms with Crippen LogP contribution >= 0.6 is 0 Å². The predicted molar refractivity (Wildman–Crippen MR) is 427 cm³/mol. The SMILES string of the molecule is CC(C)(C)c1ccc(-c2cc3c4c(c2)N(c2c(-c5ccccc5)cccc2-c2ccccc2)c2cc(-n5c6ccccc6c6ccccc65)ccc2B4c2ccc(-c4ccc5cccc6c7cccc8cccc(c4c56)c87)cc2N3c2c(-c3ccccc3)cccc2-c2ccccc2)cc1. The molecule has 0 atom stereocenters. The quantitative estimate of drug-likeness (QED) is 0.0811. The Kier molecular flexibility index (Phi) is 13.0. The summed E-state index contributed by atoms with van der Waals surface area (Å²) < 4.78 is 2.49. The second-order valence-corrected chi connectivity index (χ2v) is 28.2. The van der Waals surface area contributed by atoms with Gasteiger partial charge in [-0.3, -0.25) is 0 Å². The van der Waals surface area contributed by atoms with E-state index in [-0.39, 0.29) is 12.1 Å². The molecule has 0 spiro atoms. The van der Waals surface area contributed by atoms with Crippen molar-refractivity contribution in [1.29, 1.82) is 0 Å². The van der Waals surface area contributed by atoms with E-state index in [1.165, 1.54) is 92.4 Å². The molecule has 2 aliphatic heterocycles. The fourth-order valence-electron chi connectivity index (χ4n) is 17.2. The first kappa shape index (κ1) is 57.7. The molecule has 0 N–H and O–H groups in total. The Morgan fingerprint density at radius 3 is 1.18 bits per heavy atom. The molecule has 20 rings (SSSR count). The molecule has 0 amide bonds. The maximum atomic E-state index is 2.71. The van der Waals surface area contributed by atoms with E-state index in [1.54, 1.807) is 0 Å². The zero-order chi connectivity index (χ0) is 66.3. The van der Waals surface area contributed by atoms with Crippen molar-refractivity contribution in [1.82, 2.24) is 4.57 Å². The van der Waals surface area contributed by atoms with Crippen molar-refractivity contribution in [3.8, 4) is 72.4 Å². The molecule has 468 valence electrons. The highest BCUT2D eigenvalue weighted by Gasteiger charge is 2.46. The molecule has 100 heavy (non-hydrogen) atoms. The summed E-state index contributed by atoms with van der Waals surface area (Å²) in [5.41, 5.74) is 28.9. The monoisotopic (exact) mass is 1270 g/mol. The van der Waals surface area contributed by atoms with E-state index in [2.05, 4.69) is 381 Å². The molecule has 0 saturated carbocycles. The zero-order valence-corrected chi connectivity index (χ0v) is 55.8. The Balaban J connectivity index is 0.963. The van der Waals surface area contributed by atoms with E-state index in [9.17, 15) is 0 Å². The third kappa shape index (κ3) is 8.86. The Morgan fingerprint density at radius 2 is 0.670 bits per heavy atom. The summed E-state index contributed by atoms with van der Waals surface area (Å²) in [7, 11) is 0. The first-order chi connectivity index (χ1) is 49.3. The van der Waals surface area contributed by atoms with Gasteiger partial charge in [0.2, 0.25) is 0 Å². The highest BCUT2D eigenvalue weighted by molar-refractivity contribution is 7.00. The summed E-state index contributed by atoms with van der Waals surface area (Å²) in [5, 5.41) is 12.7. The zero-order valence-electron chi connectivity index (χ0n) is 55.8. The van der Waals surface area contributed by atoms with Gasteiger partial charge in [0.15, 0.2) is 0 Å². The topological polar surface area (TPSA) is 11.4 Å². The Morgan fingerprint density at radius 1 is 0.260 bits per heavy atom. The number of benzene rings is 17. The molecular weight excluding hydrogens is 1210 g/mol. The van der Waals surface area contributed by atoms with Gasteiger partial charge >= 0.3 is 0 Å². The maximum absolute atomic E-state index is 2.71. The van der Waals surface area contributed by atoms with E-state index in [0.717, 1.165) is 101 Å². The van der Waals surface area contributed by atoms with Crippen molar-refractivity contribution in [3.63, 3.8) is 0 Å². The van der Waals surface area contributed by atoms with Crippen LogP contribution in [0.5, 0.6) is 0 Å². The molecular formula is C96H66BN3. The molecule has 0 bridgehead atoms. The molecule has 0 unspecified atom stereocenters. The molecule has 2 aliphatic rings. The molecule has 3 heterocycles. The normalized spacial score (nSPS) is 12.7. The minimum absolute atomic E-state index is 0.0502. The summed E-state index contributed by atoms with van der Waals surface area (Å²) in [6, 6.07) is 131. The number of hydrogen-bond acceptors (Lipinski definition) is 2. The van der Waals surface area contributed by atoms with Crippen molar-refractivity contribution in [2.45, 2.75) is 26.2 Å². The minimum Gasteiger partial charge on any atom is -0.310 e. The van der Waals surface area contributed by atoms with Crippen molar-refractivity contribution in [2.24, 2.45) is 0 Å². The molecule has 3 nitrogen and oxygen atoms in total. The second-order valence-electron chi connectivity index (χ2n) is 28.2. The smallest absolute Gasteiger partial charge is 0.252 e. The average Bonchev–Trinajstić information content (AvgIpc) is 0.761. The summed E-state index contributed by atoms with van der Waals surface area (Å²) in [6.07, 6.45) is 0. The van der Waals surface area contributed by atoms with Crippen molar-refractivity contribution in [3.05, 3.63) is 351 Å². The van der Waals surface area contributed by atoms with Crippen LogP contribution < -0.4 is 26.2 Å². The van der Waals surface area contributed by atoms with Crippen molar-refractivity contribution < 1.29 is 0 Å². The van der Waals surface area contributed by atoms with Crippen LogP contribution in [0.15, 0.2) is 346 Å². The van der Waals surface area contributed by atoms with Gasteiger partial charge in [-0.1, -0.05) is 324 Å².